The van der Waals surface area contributed by atoms with Crippen LogP contribution in [0.25, 0.3) is 0 Å². The number of aryl methyl sites for hydroxylation is 1. The topological polar surface area (TPSA) is 68.0 Å². The Morgan fingerprint density at radius 2 is 2.00 bits per heavy atom. The number of nitrogens with two attached hydrogens (primary N) is 1. The van der Waals surface area contributed by atoms with Gasteiger partial charge in [0.05, 0.1) is 21.3 Å². The molecule has 19 heavy (non-hydrogen) atoms. The number of nitrogens with zero attached hydrogens (tertiary/aromatic N) is 1. The number of benzene rings is 1. The Bertz CT molecular complexity index is 644. The van der Waals surface area contributed by atoms with Crippen molar-refractivity contribution in [3.8, 4) is 0 Å². The van der Waals surface area contributed by atoms with Crippen molar-refractivity contribution < 1.29 is 4.79 Å². The molecule has 1 heterocycles. The number of amides is 1. The standard InChI is InChI=1S/C13H11Cl2N3O/c1-7-2-3-11(9(14)4-7)18-13(19)8-5-12(16)17-6-10(8)15/h2-6H,1H3,(H2,16,17)(H,18,19). The average molecular weight is 296 g/mol. The summed E-state index contributed by atoms with van der Waals surface area (Å²) in [6, 6.07) is 6.76. The molecule has 0 aliphatic carbocycles. The number of hydrogen-bond donors (Lipinski definition) is 2. The van der Waals surface area contributed by atoms with Crippen LogP contribution in [-0.2, 0) is 0 Å². The highest BCUT2D eigenvalue weighted by molar-refractivity contribution is 6.36. The summed E-state index contributed by atoms with van der Waals surface area (Å²) < 4.78 is 0. The normalized spacial score (nSPS) is 10.3. The van der Waals surface area contributed by atoms with Gasteiger partial charge < -0.3 is 11.1 Å². The first-order valence-electron chi connectivity index (χ1n) is 5.46. The molecule has 2 rings (SSSR count). The van der Waals surface area contributed by atoms with Gasteiger partial charge in [-0.05, 0) is 30.7 Å². The van der Waals surface area contributed by atoms with Crippen molar-refractivity contribution in [2.45, 2.75) is 6.92 Å². The Morgan fingerprint density at radius 3 is 2.68 bits per heavy atom. The fourth-order valence-corrected chi connectivity index (χ4v) is 2.01. The Labute approximate surface area is 120 Å². The van der Waals surface area contributed by atoms with E-state index in [9.17, 15) is 4.79 Å². The number of rotatable bonds is 2. The first kappa shape index (κ1) is 13.6. The van der Waals surface area contributed by atoms with E-state index in [1.807, 2.05) is 13.0 Å². The molecule has 1 aromatic carbocycles. The molecular formula is C13H11Cl2N3O. The molecule has 0 atom stereocenters. The van der Waals surface area contributed by atoms with Crippen LogP contribution in [0.5, 0.6) is 0 Å². The van der Waals surface area contributed by atoms with Gasteiger partial charge in [0.2, 0.25) is 0 Å². The van der Waals surface area contributed by atoms with E-state index >= 15 is 0 Å². The minimum absolute atomic E-state index is 0.226. The summed E-state index contributed by atoms with van der Waals surface area (Å²) in [6.45, 7) is 1.91. The molecule has 2 aromatic rings. The van der Waals surface area contributed by atoms with Crippen molar-refractivity contribution >= 4 is 40.6 Å². The smallest absolute Gasteiger partial charge is 0.257 e. The molecule has 0 radical (unpaired) electrons. The number of anilines is 2. The molecule has 0 aliphatic heterocycles. The summed E-state index contributed by atoms with van der Waals surface area (Å²) in [4.78, 5) is 15.9. The molecule has 1 aromatic heterocycles. The lowest BCUT2D eigenvalue weighted by molar-refractivity contribution is 0.102. The van der Waals surface area contributed by atoms with Crippen LogP contribution in [0.2, 0.25) is 10.0 Å². The fourth-order valence-electron chi connectivity index (χ4n) is 1.54. The minimum Gasteiger partial charge on any atom is -0.384 e. The van der Waals surface area contributed by atoms with Gasteiger partial charge in [-0.15, -0.1) is 0 Å². The lowest BCUT2D eigenvalue weighted by atomic mass is 10.2. The zero-order valence-corrected chi connectivity index (χ0v) is 11.6. The molecular weight excluding hydrogens is 285 g/mol. The molecule has 98 valence electrons. The molecule has 3 N–H and O–H groups in total. The van der Waals surface area contributed by atoms with Crippen molar-refractivity contribution in [1.29, 1.82) is 0 Å². The molecule has 1 amide bonds. The molecule has 0 unspecified atom stereocenters. The zero-order chi connectivity index (χ0) is 14.0. The predicted octanol–water partition coefficient (Wildman–Crippen LogP) is 3.53. The van der Waals surface area contributed by atoms with E-state index in [2.05, 4.69) is 10.3 Å². The number of nitrogens with one attached hydrogen (secondary N) is 1. The highest BCUT2D eigenvalue weighted by atomic mass is 35.5. The highest BCUT2D eigenvalue weighted by Crippen LogP contribution is 2.24. The maximum absolute atomic E-state index is 12.1. The Balaban J connectivity index is 2.28. The Hall–Kier alpha value is -1.78. The van der Waals surface area contributed by atoms with Gasteiger partial charge >= 0.3 is 0 Å². The van der Waals surface area contributed by atoms with Crippen LogP contribution >= 0.6 is 23.2 Å². The van der Waals surface area contributed by atoms with Crippen LogP contribution in [0.1, 0.15) is 15.9 Å². The van der Waals surface area contributed by atoms with Gasteiger partial charge in [-0.1, -0.05) is 29.3 Å². The second-order valence-electron chi connectivity index (χ2n) is 4.03. The van der Waals surface area contributed by atoms with Gasteiger partial charge in [-0.3, -0.25) is 4.79 Å². The number of carbonyl (C=O) groups excluding carboxylic acids is 1. The van der Waals surface area contributed by atoms with Crippen LogP contribution in [0, 0.1) is 6.92 Å². The highest BCUT2D eigenvalue weighted by Gasteiger charge is 2.13. The third kappa shape index (κ3) is 3.16. The van der Waals surface area contributed by atoms with E-state index < -0.39 is 0 Å². The van der Waals surface area contributed by atoms with Crippen LogP contribution < -0.4 is 11.1 Å². The number of pyridine rings is 1. The van der Waals surface area contributed by atoms with E-state index in [1.165, 1.54) is 12.3 Å². The number of halogens is 2. The first-order valence-corrected chi connectivity index (χ1v) is 6.21. The quantitative estimate of drug-likeness (QED) is 0.890. The first-order chi connectivity index (χ1) is 8.97. The molecule has 0 spiro atoms. The second kappa shape index (κ2) is 5.47. The maximum atomic E-state index is 12.1. The van der Waals surface area contributed by atoms with E-state index in [0.29, 0.717) is 10.7 Å². The molecule has 6 heteroatoms. The monoisotopic (exact) mass is 295 g/mol. The molecule has 0 aliphatic rings. The van der Waals surface area contributed by atoms with E-state index in [0.717, 1.165) is 5.56 Å². The molecule has 0 saturated carbocycles. The second-order valence-corrected chi connectivity index (χ2v) is 4.84. The molecule has 0 bridgehead atoms. The molecule has 4 nitrogen and oxygen atoms in total. The molecule has 0 fully saturated rings. The van der Waals surface area contributed by atoms with Gasteiger partial charge in [-0.25, -0.2) is 4.98 Å². The SMILES string of the molecule is Cc1ccc(NC(=O)c2cc(N)ncc2Cl)c(Cl)c1. The number of nitrogen functional groups attached to an aromatic ring is 1. The van der Waals surface area contributed by atoms with Crippen molar-refractivity contribution in [1.82, 2.24) is 4.98 Å². The summed E-state index contributed by atoms with van der Waals surface area (Å²) in [7, 11) is 0. The fraction of sp³-hybridized carbons (Fsp3) is 0.0769. The molecule has 0 saturated heterocycles. The summed E-state index contributed by atoms with van der Waals surface area (Å²) >= 11 is 12.0. The van der Waals surface area contributed by atoms with Crippen LogP contribution in [0.4, 0.5) is 11.5 Å². The maximum Gasteiger partial charge on any atom is 0.257 e. The van der Waals surface area contributed by atoms with Crippen LogP contribution in [0.15, 0.2) is 30.5 Å². The van der Waals surface area contributed by atoms with Crippen molar-refractivity contribution in [3.05, 3.63) is 51.6 Å². The van der Waals surface area contributed by atoms with Crippen molar-refractivity contribution in [2.24, 2.45) is 0 Å². The van der Waals surface area contributed by atoms with Gasteiger partial charge in [0, 0.05) is 6.20 Å². The van der Waals surface area contributed by atoms with Crippen LogP contribution in [-0.4, -0.2) is 10.9 Å². The van der Waals surface area contributed by atoms with E-state index in [4.69, 9.17) is 28.9 Å². The summed E-state index contributed by atoms with van der Waals surface area (Å²) in [5.74, 6) is -0.158. The summed E-state index contributed by atoms with van der Waals surface area (Å²) in [5, 5.41) is 3.38. The van der Waals surface area contributed by atoms with Gasteiger partial charge in [0.1, 0.15) is 5.82 Å². The van der Waals surface area contributed by atoms with Gasteiger partial charge in [-0.2, -0.15) is 0 Å². The Morgan fingerprint density at radius 1 is 1.26 bits per heavy atom. The van der Waals surface area contributed by atoms with Crippen molar-refractivity contribution in [2.75, 3.05) is 11.1 Å². The number of hydrogen-bond acceptors (Lipinski definition) is 3. The summed E-state index contributed by atoms with van der Waals surface area (Å²) in [6.07, 6.45) is 1.34. The van der Waals surface area contributed by atoms with Crippen molar-refractivity contribution in [3.63, 3.8) is 0 Å². The number of aromatic nitrogens is 1. The summed E-state index contributed by atoms with van der Waals surface area (Å²) in [5.41, 5.74) is 7.31. The van der Waals surface area contributed by atoms with Gasteiger partial charge in [0.15, 0.2) is 0 Å². The largest absolute Gasteiger partial charge is 0.384 e. The van der Waals surface area contributed by atoms with E-state index in [1.54, 1.807) is 12.1 Å². The minimum atomic E-state index is -0.384. The van der Waals surface area contributed by atoms with Gasteiger partial charge in [0.25, 0.3) is 5.91 Å². The average Bonchev–Trinajstić information content (AvgIpc) is 2.35. The third-order valence-corrected chi connectivity index (χ3v) is 3.11. The predicted molar refractivity (Wildman–Crippen MR) is 77.8 cm³/mol. The number of carbonyl (C=O) groups is 1. The lowest BCUT2D eigenvalue weighted by Gasteiger charge is -2.09. The van der Waals surface area contributed by atoms with Crippen LogP contribution in [0.3, 0.4) is 0 Å². The Kier molecular flexibility index (Phi) is 3.93. The third-order valence-electron chi connectivity index (χ3n) is 2.49. The zero-order valence-electron chi connectivity index (χ0n) is 10.1. The van der Waals surface area contributed by atoms with E-state index in [-0.39, 0.29) is 22.3 Å². The lowest BCUT2D eigenvalue weighted by Crippen LogP contribution is -2.13.